The van der Waals surface area contributed by atoms with Crippen LogP contribution in [0.15, 0.2) is 4.99 Å². The van der Waals surface area contributed by atoms with Crippen LogP contribution in [0.5, 0.6) is 0 Å². The molecule has 0 atom stereocenters. The van der Waals surface area contributed by atoms with Crippen LogP contribution < -0.4 is 10.1 Å². The quantitative estimate of drug-likeness (QED) is 0.899. The van der Waals surface area contributed by atoms with Crippen molar-refractivity contribution in [1.82, 2.24) is 9.88 Å². The summed E-state index contributed by atoms with van der Waals surface area (Å²) in [4.78, 5) is 18.1. The zero-order chi connectivity index (χ0) is 15.3. The number of nitrogens with zero attached hydrogens (tertiary/aromatic N) is 2. The number of amides is 2. The summed E-state index contributed by atoms with van der Waals surface area (Å²) in [6.45, 7) is 11.4. The van der Waals surface area contributed by atoms with Crippen molar-refractivity contribution in [3.8, 4) is 0 Å². The van der Waals surface area contributed by atoms with E-state index in [1.165, 1.54) is 16.2 Å². The van der Waals surface area contributed by atoms with Gasteiger partial charge in [-0.1, -0.05) is 6.92 Å². The molecular weight excluding hydrogens is 310 g/mol. The largest absolute Gasteiger partial charge is 0.383 e. The number of aryl methyl sites for hydroxylation is 1. The maximum atomic E-state index is 12.0. The Hall–Kier alpha value is -0.850. The van der Waals surface area contributed by atoms with Crippen molar-refractivity contribution >= 4 is 29.8 Å². The summed E-state index contributed by atoms with van der Waals surface area (Å²) in [6, 6.07) is -0.288. The molecular formula is C14H26ClN3O2S. The molecule has 122 valence electrons. The lowest BCUT2D eigenvalue weighted by molar-refractivity contribution is 0.185. The Balaban J connectivity index is 0.00000400. The predicted octanol–water partition coefficient (Wildman–Crippen LogP) is 3.03. The molecule has 0 fully saturated rings. The highest BCUT2D eigenvalue weighted by atomic mass is 35.5. The third-order valence-corrected chi connectivity index (χ3v) is 4.53. The summed E-state index contributed by atoms with van der Waals surface area (Å²) in [5.74, 6) is 0. The van der Waals surface area contributed by atoms with E-state index in [0.29, 0.717) is 13.2 Å². The summed E-state index contributed by atoms with van der Waals surface area (Å²) in [7, 11) is 1.67. The smallest absolute Gasteiger partial charge is 0.344 e. The number of aromatic nitrogens is 1. The van der Waals surface area contributed by atoms with Gasteiger partial charge in [-0.3, -0.25) is 0 Å². The number of nitrogens with one attached hydrogen (secondary N) is 1. The van der Waals surface area contributed by atoms with E-state index in [1.54, 1.807) is 7.11 Å². The monoisotopic (exact) mass is 335 g/mol. The molecule has 0 aliphatic carbocycles. The fourth-order valence-electron chi connectivity index (χ4n) is 1.62. The molecule has 0 bridgehead atoms. The number of urea groups is 1. The van der Waals surface area contributed by atoms with Crippen molar-refractivity contribution in [1.29, 1.82) is 0 Å². The number of hydrogen-bond donors (Lipinski definition) is 1. The predicted molar refractivity (Wildman–Crippen MR) is 89.4 cm³/mol. The molecule has 0 radical (unpaired) electrons. The fraction of sp³-hybridized carbons (Fsp3) is 0.714. The van der Waals surface area contributed by atoms with Gasteiger partial charge < -0.3 is 14.6 Å². The Labute approximate surface area is 136 Å². The molecule has 1 heterocycles. The van der Waals surface area contributed by atoms with Crippen LogP contribution in [-0.2, 0) is 11.3 Å². The molecule has 21 heavy (non-hydrogen) atoms. The zero-order valence-corrected chi connectivity index (χ0v) is 15.3. The van der Waals surface area contributed by atoms with Gasteiger partial charge in [0.2, 0.25) is 0 Å². The minimum absolute atomic E-state index is 0. The molecule has 5 nitrogen and oxygen atoms in total. The van der Waals surface area contributed by atoms with Crippen molar-refractivity contribution < 1.29 is 9.53 Å². The van der Waals surface area contributed by atoms with E-state index in [0.717, 1.165) is 16.9 Å². The first kappa shape index (κ1) is 20.1. The van der Waals surface area contributed by atoms with Crippen LogP contribution in [-0.4, -0.2) is 29.9 Å². The number of hydrogen-bond acceptors (Lipinski definition) is 3. The summed E-state index contributed by atoms with van der Waals surface area (Å²) in [6.07, 6.45) is 0.862. The first-order chi connectivity index (χ1) is 9.30. The SMILES string of the molecule is CCC(C)(C)NC(=O)/N=c1\sc(C)c(C)n1CCOC.Cl. The maximum absolute atomic E-state index is 12.0. The second-order valence-electron chi connectivity index (χ2n) is 5.45. The molecule has 0 aliphatic rings. The molecule has 0 spiro atoms. The van der Waals surface area contributed by atoms with Crippen LogP contribution in [0.25, 0.3) is 0 Å². The first-order valence-electron chi connectivity index (χ1n) is 6.83. The highest BCUT2D eigenvalue weighted by Crippen LogP contribution is 2.10. The Morgan fingerprint density at radius 3 is 2.57 bits per heavy atom. The van der Waals surface area contributed by atoms with Crippen molar-refractivity contribution in [3.63, 3.8) is 0 Å². The average molecular weight is 336 g/mol. The van der Waals surface area contributed by atoms with E-state index in [-0.39, 0.29) is 24.0 Å². The number of thiazole rings is 1. The molecule has 0 unspecified atom stereocenters. The molecule has 0 saturated carbocycles. The van der Waals surface area contributed by atoms with Gasteiger partial charge in [0.1, 0.15) is 0 Å². The van der Waals surface area contributed by atoms with Crippen molar-refractivity contribution in [2.75, 3.05) is 13.7 Å². The zero-order valence-electron chi connectivity index (χ0n) is 13.6. The fourth-order valence-corrected chi connectivity index (χ4v) is 2.62. The molecule has 0 aliphatic heterocycles. The Kier molecular flexibility index (Phi) is 8.21. The van der Waals surface area contributed by atoms with E-state index in [9.17, 15) is 4.79 Å². The minimum atomic E-state index is -0.288. The molecule has 1 aromatic heterocycles. The summed E-state index contributed by atoms with van der Waals surface area (Å²) >= 11 is 1.53. The number of rotatable bonds is 5. The number of ether oxygens (including phenoxy) is 1. The van der Waals surface area contributed by atoms with E-state index in [1.807, 2.05) is 39.2 Å². The topological polar surface area (TPSA) is 55.6 Å². The third kappa shape index (κ3) is 5.80. The second-order valence-corrected chi connectivity index (χ2v) is 6.63. The first-order valence-corrected chi connectivity index (χ1v) is 7.65. The van der Waals surface area contributed by atoms with Crippen LogP contribution in [0.3, 0.4) is 0 Å². The molecule has 1 rings (SSSR count). The van der Waals surface area contributed by atoms with Gasteiger partial charge in [0.25, 0.3) is 0 Å². The van der Waals surface area contributed by atoms with Crippen LogP contribution in [0.1, 0.15) is 37.8 Å². The van der Waals surface area contributed by atoms with Gasteiger partial charge in [0.15, 0.2) is 4.80 Å². The average Bonchev–Trinajstić information content (AvgIpc) is 2.62. The number of carbonyl (C=O) groups excluding carboxylic acids is 1. The highest BCUT2D eigenvalue weighted by molar-refractivity contribution is 7.09. The normalized spacial score (nSPS) is 12.2. The maximum Gasteiger partial charge on any atom is 0.344 e. The van der Waals surface area contributed by atoms with E-state index < -0.39 is 0 Å². The van der Waals surface area contributed by atoms with Gasteiger partial charge in [0, 0.05) is 29.8 Å². The summed E-state index contributed by atoms with van der Waals surface area (Å²) in [5, 5.41) is 2.92. The van der Waals surface area contributed by atoms with Crippen molar-refractivity contribution in [3.05, 3.63) is 15.4 Å². The Bertz CT molecular complexity index is 535. The van der Waals surface area contributed by atoms with Gasteiger partial charge >= 0.3 is 6.03 Å². The second kappa shape index (κ2) is 8.56. The lowest BCUT2D eigenvalue weighted by Crippen LogP contribution is -2.42. The number of halogens is 1. The van der Waals surface area contributed by atoms with Crippen LogP contribution >= 0.6 is 23.7 Å². The van der Waals surface area contributed by atoms with Gasteiger partial charge in [-0.05, 0) is 34.1 Å². The van der Waals surface area contributed by atoms with Crippen LogP contribution in [0, 0.1) is 13.8 Å². The Morgan fingerprint density at radius 2 is 2.05 bits per heavy atom. The highest BCUT2D eigenvalue weighted by Gasteiger charge is 2.17. The van der Waals surface area contributed by atoms with Crippen molar-refractivity contribution in [2.24, 2.45) is 4.99 Å². The van der Waals surface area contributed by atoms with E-state index in [4.69, 9.17) is 4.74 Å². The van der Waals surface area contributed by atoms with Gasteiger partial charge in [-0.2, -0.15) is 4.99 Å². The summed E-state index contributed by atoms with van der Waals surface area (Å²) in [5.41, 5.74) is 0.896. The molecule has 7 heteroatoms. The van der Waals surface area contributed by atoms with Crippen molar-refractivity contribution in [2.45, 2.75) is 53.1 Å². The van der Waals surface area contributed by atoms with Gasteiger partial charge in [-0.15, -0.1) is 23.7 Å². The van der Waals surface area contributed by atoms with Gasteiger partial charge in [-0.25, -0.2) is 4.79 Å². The Morgan fingerprint density at radius 1 is 1.43 bits per heavy atom. The standard InChI is InChI=1S/C14H25N3O2S.ClH/c1-7-14(4,5)16-12(18)15-13-17(8-9-19-6)10(2)11(3)20-13;/h7-9H2,1-6H3,(H,16,18);1H/b15-13-;. The number of methoxy groups -OCH3 is 1. The lowest BCUT2D eigenvalue weighted by atomic mass is 10.0. The molecule has 2 amide bonds. The molecule has 1 aromatic rings. The molecule has 0 saturated heterocycles. The van der Waals surface area contributed by atoms with E-state index in [2.05, 4.69) is 10.3 Å². The van der Waals surface area contributed by atoms with Gasteiger partial charge in [0.05, 0.1) is 6.61 Å². The minimum Gasteiger partial charge on any atom is -0.383 e. The third-order valence-electron chi connectivity index (χ3n) is 3.44. The number of carbonyl (C=O) groups is 1. The van der Waals surface area contributed by atoms with Crippen LogP contribution in [0.4, 0.5) is 4.79 Å². The molecule has 0 aromatic carbocycles. The van der Waals surface area contributed by atoms with Crippen LogP contribution in [0.2, 0.25) is 0 Å². The van der Waals surface area contributed by atoms with E-state index >= 15 is 0 Å². The lowest BCUT2D eigenvalue weighted by Gasteiger charge is -2.22. The molecule has 1 N–H and O–H groups in total. The summed E-state index contributed by atoms with van der Waals surface area (Å²) < 4.78 is 7.14.